The molecule has 1 aliphatic rings. The molecule has 1 aromatic carbocycles. The smallest absolute Gasteiger partial charge is 0.329 e. The third kappa shape index (κ3) is 2.78. The summed E-state index contributed by atoms with van der Waals surface area (Å²) >= 11 is 0. The van der Waals surface area contributed by atoms with Gasteiger partial charge in [0.1, 0.15) is 5.54 Å². The van der Waals surface area contributed by atoms with Crippen LogP contribution in [0.5, 0.6) is 0 Å². The SMILES string of the molecule is C[C@]1(C(=O)O)CCCN1C(=O)Nc1cccc([N+](=O)[O-])c1. The number of aliphatic carboxylic acids is 1. The van der Waals surface area contributed by atoms with Crippen LogP contribution >= 0.6 is 0 Å². The molecular formula is C13H15N3O5. The van der Waals surface area contributed by atoms with Crippen molar-refractivity contribution in [3.8, 4) is 0 Å². The van der Waals surface area contributed by atoms with Gasteiger partial charge in [0.2, 0.25) is 0 Å². The molecule has 0 unspecified atom stereocenters. The van der Waals surface area contributed by atoms with E-state index in [9.17, 15) is 24.8 Å². The van der Waals surface area contributed by atoms with Gasteiger partial charge < -0.3 is 15.3 Å². The minimum Gasteiger partial charge on any atom is -0.480 e. The van der Waals surface area contributed by atoms with Crippen molar-refractivity contribution in [3.05, 3.63) is 34.4 Å². The van der Waals surface area contributed by atoms with E-state index in [4.69, 9.17) is 0 Å². The zero-order valence-corrected chi connectivity index (χ0v) is 11.4. The van der Waals surface area contributed by atoms with Crippen molar-refractivity contribution >= 4 is 23.4 Å². The number of nitrogens with zero attached hydrogens (tertiary/aromatic N) is 2. The lowest BCUT2D eigenvalue weighted by atomic mass is 10.00. The van der Waals surface area contributed by atoms with Crippen LogP contribution in [0.3, 0.4) is 0 Å². The highest BCUT2D eigenvalue weighted by Gasteiger charge is 2.46. The first-order valence-electron chi connectivity index (χ1n) is 6.41. The molecule has 2 amide bonds. The van der Waals surface area contributed by atoms with Gasteiger partial charge in [0.05, 0.1) is 4.92 Å². The topological polar surface area (TPSA) is 113 Å². The highest BCUT2D eigenvalue weighted by Crippen LogP contribution is 2.30. The molecule has 0 saturated carbocycles. The van der Waals surface area contributed by atoms with Crippen LogP contribution in [-0.2, 0) is 4.79 Å². The van der Waals surface area contributed by atoms with Crippen LogP contribution in [0.15, 0.2) is 24.3 Å². The fourth-order valence-corrected chi connectivity index (χ4v) is 2.40. The second-order valence-electron chi connectivity index (χ2n) is 5.07. The van der Waals surface area contributed by atoms with Gasteiger partial charge in [-0.05, 0) is 25.8 Å². The summed E-state index contributed by atoms with van der Waals surface area (Å²) in [5.74, 6) is -1.06. The molecule has 2 rings (SSSR count). The molecule has 1 atom stereocenters. The second-order valence-corrected chi connectivity index (χ2v) is 5.07. The van der Waals surface area contributed by atoms with E-state index in [-0.39, 0.29) is 11.4 Å². The summed E-state index contributed by atoms with van der Waals surface area (Å²) in [5, 5.41) is 22.5. The highest BCUT2D eigenvalue weighted by atomic mass is 16.6. The first-order chi connectivity index (χ1) is 9.84. The molecular weight excluding hydrogens is 278 g/mol. The van der Waals surface area contributed by atoms with Crippen LogP contribution in [0.25, 0.3) is 0 Å². The van der Waals surface area contributed by atoms with Crippen LogP contribution in [0.2, 0.25) is 0 Å². The van der Waals surface area contributed by atoms with Gasteiger partial charge in [-0.25, -0.2) is 9.59 Å². The molecule has 112 valence electrons. The normalized spacial score (nSPS) is 21.1. The van der Waals surface area contributed by atoms with Gasteiger partial charge in [-0.3, -0.25) is 10.1 Å². The maximum absolute atomic E-state index is 12.2. The summed E-state index contributed by atoms with van der Waals surface area (Å²) in [6.07, 6.45) is 0.982. The number of carbonyl (C=O) groups excluding carboxylic acids is 1. The molecule has 1 saturated heterocycles. The molecule has 0 spiro atoms. The minimum absolute atomic E-state index is 0.143. The van der Waals surface area contributed by atoms with Gasteiger partial charge in [0, 0.05) is 24.4 Å². The van der Waals surface area contributed by atoms with Crippen LogP contribution in [0.1, 0.15) is 19.8 Å². The van der Waals surface area contributed by atoms with E-state index < -0.39 is 22.5 Å². The number of nitro groups is 1. The molecule has 21 heavy (non-hydrogen) atoms. The van der Waals surface area contributed by atoms with E-state index in [0.717, 1.165) is 0 Å². The summed E-state index contributed by atoms with van der Waals surface area (Å²) < 4.78 is 0. The summed E-state index contributed by atoms with van der Waals surface area (Å²) in [5.41, 5.74) is -1.13. The van der Waals surface area contributed by atoms with Crippen LogP contribution in [0.4, 0.5) is 16.2 Å². The molecule has 1 aliphatic heterocycles. The molecule has 8 heteroatoms. The van der Waals surface area contributed by atoms with Crippen molar-refractivity contribution in [1.29, 1.82) is 0 Å². The average Bonchev–Trinajstić information content (AvgIpc) is 2.82. The summed E-state index contributed by atoms with van der Waals surface area (Å²) in [6, 6.07) is 4.93. The minimum atomic E-state index is -1.25. The first-order valence-corrected chi connectivity index (χ1v) is 6.41. The number of benzene rings is 1. The number of nitrogens with one attached hydrogen (secondary N) is 1. The fourth-order valence-electron chi connectivity index (χ4n) is 2.40. The maximum atomic E-state index is 12.2. The van der Waals surface area contributed by atoms with Crippen LogP contribution in [0, 0.1) is 10.1 Å². The van der Waals surface area contributed by atoms with Gasteiger partial charge in [0.15, 0.2) is 0 Å². The van der Waals surface area contributed by atoms with Gasteiger partial charge in [-0.1, -0.05) is 6.07 Å². The number of amides is 2. The van der Waals surface area contributed by atoms with E-state index in [2.05, 4.69) is 5.32 Å². The molecule has 0 radical (unpaired) electrons. The number of urea groups is 1. The van der Waals surface area contributed by atoms with Crippen molar-refractivity contribution in [1.82, 2.24) is 4.90 Å². The molecule has 1 heterocycles. The first kappa shape index (κ1) is 14.8. The molecule has 1 aromatic rings. The van der Waals surface area contributed by atoms with Crippen LogP contribution < -0.4 is 5.32 Å². The molecule has 8 nitrogen and oxygen atoms in total. The van der Waals surface area contributed by atoms with Gasteiger partial charge in [-0.15, -0.1) is 0 Å². The number of likely N-dealkylation sites (tertiary alicyclic amines) is 1. The standard InChI is InChI=1S/C13H15N3O5/c1-13(11(17)18)6-3-7-15(13)12(19)14-9-4-2-5-10(8-9)16(20)21/h2,4-5,8H,3,6-7H2,1H3,(H,14,19)(H,17,18)/t13-/m1/s1. The zero-order valence-electron chi connectivity index (χ0n) is 11.4. The Balaban J connectivity index is 2.16. The fraction of sp³-hybridized carbons (Fsp3) is 0.385. The quantitative estimate of drug-likeness (QED) is 0.654. The predicted octanol–water partition coefficient (Wildman–Crippen LogP) is 2.07. The van der Waals surface area contributed by atoms with Gasteiger partial charge >= 0.3 is 12.0 Å². The van der Waals surface area contributed by atoms with E-state index in [0.29, 0.717) is 19.4 Å². The Morgan fingerprint density at radius 2 is 2.19 bits per heavy atom. The largest absolute Gasteiger partial charge is 0.480 e. The lowest BCUT2D eigenvalue weighted by Gasteiger charge is -2.31. The Labute approximate surface area is 120 Å². The lowest BCUT2D eigenvalue weighted by molar-refractivity contribution is -0.384. The number of hydrogen-bond donors (Lipinski definition) is 2. The average molecular weight is 293 g/mol. The number of nitro benzene ring substituents is 1. The van der Waals surface area contributed by atoms with Crippen molar-refractivity contribution in [2.75, 3.05) is 11.9 Å². The number of anilines is 1. The Morgan fingerprint density at radius 1 is 1.48 bits per heavy atom. The summed E-state index contributed by atoms with van der Waals surface area (Å²) in [4.78, 5) is 34.9. The second kappa shape index (κ2) is 5.39. The van der Waals surface area contributed by atoms with Crippen molar-refractivity contribution in [2.45, 2.75) is 25.3 Å². The van der Waals surface area contributed by atoms with E-state index >= 15 is 0 Å². The number of hydrogen-bond acceptors (Lipinski definition) is 4. The van der Waals surface area contributed by atoms with E-state index in [1.54, 1.807) is 0 Å². The molecule has 1 fully saturated rings. The Morgan fingerprint density at radius 3 is 2.81 bits per heavy atom. The summed E-state index contributed by atoms with van der Waals surface area (Å²) in [7, 11) is 0. The van der Waals surface area contributed by atoms with Crippen molar-refractivity contribution < 1.29 is 19.6 Å². The summed E-state index contributed by atoms with van der Waals surface area (Å²) in [6.45, 7) is 1.83. The van der Waals surface area contributed by atoms with E-state index in [1.165, 1.54) is 36.1 Å². The third-order valence-electron chi connectivity index (χ3n) is 3.66. The molecule has 0 bridgehead atoms. The lowest BCUT2D eigenvalue weighted by Crippen LogP contribution is -2.52. The number of rotatable bonds is 3. The molecule has 2 N–H and O–H groups in total. The molecule has 0 aromatic heterocycles. The number of carbonyl (C=O) groups is 2. The Bertz CT molecular complexity index is 603. The maximum Gasteiger partial charge on any atom is 0.329 e. The van der Waals surface area contributed by atoms with Gasteiger partial charge in [-0.2, -0.15) is 0 Å². The third-order valence-corrected chi connectivity index (χ3v) is 3.66. The van der Waals surface area contributed by atoms with Crippen LogP contribution in [-0.4, -0.2) is 39.0 Å². The predicted molar refractivity (Wildman–Crippen MR) is 74.1 cm³/mol. The van der Waals surface area contributed by atoms with E-state index in [1.807, 2.05) is 0 Å². The van der Waals surface area contributed by atoms with Crippen molar-refractivity contribution in [3.63, 3.8) is 0 Å². The highest BCUT2D eigenvalue weighted by molar-refractivity contribution is 5.94. The zero-order chi connectivity index (χ0) is 15.6. The van der Waals surface area contributed by atoms with Gasteiger partial charge in [0.25, 0.3) is 5.69 Å². The Hall–Kier alpha value is -2.64. The number of non-ortho nitro benzene ring substituents is 1. The number of carboxylic acid groups (broad SMARTS) is 1. The van der Waals surface area contributed by atoms with Crippen molar-refractivity contribution in [2.24, 2.45) is 0 Å². The Kier molecular flexibility index (Phi) is 3.79. The monoisotopic (exact) mass is 293 g/mol. The number of carboxylic acids is 1. The molecule has 0 aliphatic carbocycles.